The van der Waals surface area contributed by atoms with Gasteiger partial charge in [0.25, 0.3) is 5.56 Å². The molecule has 2 aromatic carbocycles. The van der Waals surface area contributed by atoms with E-state index < -0.39 is 11.6 Å². The summed E-state index contributed by atoms with van der Waals surface area (Å²) in [5.41, 5.74) is 2.64. The summed E-state index contributed by atoms with van der Waals surface area (Å²) in [4.78, 5) is 16.8. The molecule has 5 aromatic rings. The van der Waals surface area contributed by atoms with Gasteiger partial charge in [0.2, 0.25) is 0 Å². The summed E-state index contributed by atoms with van der Waals surface area (Å²) in [6.45, 7) is 0. The van der Waals surface area contributed by atoms with Crippen molar-refractivity contribution in [3.8, 4) is 22.6 Å². The lowest BCUT2D eigenvalue weighted by Crippen LogP contribution is -2.16. The monoisotopic (exact) mass is 407 g/mol. The standard InChI is InChI=1S/C21H15F2N5O2/c1-27-9-14(13-8-25-26-18(13)21(27)29)12-4-5-16-19(24-10-28(16)2)20(12)30-17-6-3-11(22)7-15(17)23/h3-10H,1-2H3,(H,25,26). The van der Waals surface area contributed by atoms with Crippen LogP contribution in [0.5, 0.6) is 11.5 Å². The van der Waals surface area contributed by atoms with Crippen LogP contribution in [0.1, 0.15) is 0 Å². The van der Waals surface area contributed by atoms with Crippen molar-refractivity contribution in [3.05, 3.63) is 71.0 Å². The van der Waals surface area contributed by atoms with Gasteiger partial charge in [0.05, 0.1) is 18.0 Å². The lowest BCUT2D eigenvalue weighted by Gasteiger charge is -2.14. The van der Waals surface area contributed by atoms with E-state index in [-0.39, 0.29) is 11.3 Å². The number of hydrogen-bond acceptors (Lipinski definition) is 4. The summed E-state index contributed by atoms with van der Waals surface area (Å²) in [5.74, 6) is -1.37. The van der Waals surface area contributed by atoms with Crippen LogP contribution in [0.15, 0.2) is 53.8 Å². The summed E-state index contributed by atoms with van der Waals surface area (Å²) >= 11 is 0. The molecule has 9 heteroatoms. The molecular weight excluding hydrogens is 392 g/mol. The van der Waals surface area contributed by atoms with Gasteiger partial charge >= 0.3 is 0 Å². The third-order valence-electron chi connectivity index (χ3n) is 5.03. The Hall–Kier alpha value is -4.01. The first-order valence-corrected chi connectivity index (χ1v) is 9.04. The Morgan fingerprint density at radius 1 is 1.07 bits per heavy atom. The predicted octanol–water partition coefficient (Wildman–Crippen LogP) is 3.89. The minimum atomic E-state index is -0.831. The summed E-state index contributed by atoms with van der Waals surface area (Å²) in [6.07, 6.45) is 4.84. The number of ether oxygens (including phenoxy) is 1. The molecule has 0 saturated carbocycles. The highest BCUT2D eigenvalue weighted by Crippen LogP contribution is 2.41. The van der Waals surface area contributed by atoms with E-state index in [0.717, 1.165) is 17.6 Å². The largest absolute Gasteiger partial charge is 0.451 e. The second kappa shape index (κ2) is 6.51. The molecule has 150 valence electrons. The van der Waals surface area contributed by atoms with Crippen LogP contribution >= 0.6 is 0 Å². The van der Waals surface area contributed by atoms with Crippen molar-refractivity contribution >= 4 is 21.9 Å². The first-order chi connectivity index (χ1) is 14.4. The van der Waals surface area contributed by atoms with Crippen LogP contribution in [0.2, 0.25) is 0 Å². The van der Waals surface area contributed by atoms with Crippen LogP contribution in [0.3, 0.4) is 0 Å². The average molecular weight is 407 g/mol. The van der Waals surface area contributed by atoms with Crippen LogP contribution in [0, 0.1) is 11.6 Å². The van der Waals surface area contributed by atoms with E-state index in [4.69, 9.17) is 4.74 Å². The molecule has 3 heterocycles. The zero-order chi connectivity index (χ0) is 21.0. The van der Waals surface area contributed by atoms with E-state index in [9.17, 15) is 13.6 Å². The zero-order valence-electron chi connectivity index (χ0n) is 16.0. The number of aromatic amines is 1. The molecule has 0 amide bonds. The van der Waals surface area contributed by atoms with Crippen molar-refractivity contribution < 1.29 is 13.5 Å². The summed E-state index contributed by atoms with van der Waals surface area (Å²) < 4.78 is 36.9. The quantitative estimate of drug-likeness (QED) is 0.492. The van der Waals surface area contributed by atoms with Crippen molar-refractivity contribution in [2.45, 2.75) is 0 Å². The molecule has 0 atom stereocenters. The number of H-pyrrole nitrogens is 1. The summed E-state index contributed by atoms with van der Waals surface area (Å²) in [7, 11) is 3.46. The lowest BCUT2D eigenvalue weighted by molar-refractivity contribution is 0.442. The lowest BCUT2D eigenvalue weighted by atomic mass is 10.0. The molecule has 30 heavy (non-hydrogen) atoms. The van der Waals surface area contributed by atoms with Gasteiger partial charge in [-0.05, 0) is 24.3 Å². The van der Waals surface area contributed by atoms with Gasteiger partial charge < -0.3 is 13.9 Å². The van der Waals surface area contributed by atoms with Gasteiger partial charge in [-0.2, -0.15) is 5.10 Å². The number of aromatic nitrogens is 5. The highest BCUT2D eigenvalue weighted by molar-refractivity contribution is 5.99. The second-order valence-corrected chi connectivity index (χ2v) is 6.96. The Labute approximate surface area is 168 Å². The predicted molar refractivity (Wildman–Crippen MR) is 107 cm³/mol. The fourth-order valence-electron chi connectivity index (χ4n) is 3.53. The first-order valence-electron chi connectivity index (χ1n) is 9.04. The Morgan fingerprint density at radius 3 is 2.70 bits per heavy atom. The van der Waals surface area contributed by atoms with Crippen molar-refractivity contribution in [2.75, 3.05) is 0 Å². The topological polar surface area (TPSA) is 77.7 Å². The molecule has 0 saturated heterocycles. The number of fused-ring (bicyclic) bond motifs is 2. The maximum absolute atomic E-state index is 14.3. The molecule has 0 aliphatic heterocycles. The average Bonchev–Trinajstić information content (AvgIpc) is 3.35. The van der Waals surface area contributed by atoms with Gasteiger partial charge in [0.1, 0.15) is 16.9 Å². The van der Waals surface area contributed by atoms with Gasteiger partial charge in [-0.25, -0.2) is 13.8 Å². The third-order valence-corrected chi connectivity index (χ3v) is 5.03. The molecule has 0 fully saturated rings. The van der Waals surface area contributed by atoms with Gasteiger partial charge in [0, 0.05) is 42.9 Å². The first kappa shape index (κ1) is 18.0. The number of halogens is 2. The Balaban J connectivity index is 1.82. The minimum absolute atomic E-state index is 0.135. The summed E-state index contributed by atoms with van der Waals surface area (Å²) in [6, 6.07) is 6.78. The van der Waals surface area contributed by atoms with Crippen LogP contribution in [-0.4, -0.2) is 24.3 Å². The van der Waals surface area contributed by atoms with Gasteiger partial charge in [-0.3, -0.25) is 9.89 Å². The fraction of sp³-hybridized carbons (Fsp3) is 0.0952. The number of benzene rings is 2. The van der Waals surface area contributed by atoms with E-state index in [1.54, 1.807) is 30.3 Å². The molecule has 0 unspecified atom stereocenters. The molecule has 0 bridgehead atoms. The SMILES string of the molecule is Cn1cc(-c2ccc3c(ncn3C)c2Oc2ccc(F)cc2F)c2cn[nH]c2c1=O. The van der Waals surface area contributed by atoms with Crippen LogP contribution < -0.4 is 10.3 Å². The van der Waals surface area contributed by atoms with Gasteiger partial charge in [0.15, 0.2) is 17.3 Å². The highest BCUT2D eigenvalue weighted by atomic mass is 19.1. The van der Waals surface area contributed by atoms with E-state index >= 15 is 0 Å². The number of rotatable bonds is 3. The summed E-state index contributed by atoms with van der Waals surface area (Å²) in [5, 5.41) is 7.31. The second-order valence-electron chi connectivity index (χ2n) is 6.96. The smallest absolute Gasteiger partial charge is 0.276 e. The molecule has 0 aliphatic rings. The van der Waals surface area contributed by atoms with Crippen molar-refractivity contribution in [2.24, 2.45) is 14.1 Å². The van der Waals surface area contributed by atoms with Gasteiger partial charge in [-0.1, -0.05) is 0 Å². The highest BCUT2D eigenvalue weighted by Gasteiger charge is 2.20. The van der Waals surface area contributed by atoms with Crippen LogP contribution in [-0.2, 0) is 14.1 Å². The van der Waals surface area contributed by atoms with E-state index in [0.29, 0.717) is 33.3 Å². The Morgan fingerprint density at radius 2 is 1.90 bits per heavy atom. The molecule has 0 aliphatic carbocycles. The molecule has 7 nitrogen and oxygen atoms in total. The third kappa shape index (κ3) is 2.66. The maximum Gasteiger partial charge on any atom is 0.276 e. The fourth-order valence-corrected chi connectivity index (χ4v) is 3.53. The van der Waals surface area contributed by atoms with Crippen molar-refractivity contribution in [1.29, 1.82) is 0 Å². The number of nitrogens with one attached hydrogen (secondary N) is 1. The molecule has 5 rings (SSSR count). The molecule has 0 spiro atoms. The van der Waals surface area contributed by atoms with Crippen LogP contribution in [0.4, 0.5) is 8.78 Å². The Bertz CT molecular complexity index is 1500. The molecule has 1 N–H and O–H groups in total. The van der Waals surface area contributed by atoms with Crippen LogP contribution in [0.25, 0.3) is 33.1 Å². The van der Waals surface area contributed by atoms with E-state index in [2.05, 4.69) is 15.2 Å². The number of imidazole rings is 1. The van der Waals surface area contributed by atoms with Crippen molar-refractivity contribution in [1.82, 2.24) is 24.3 Å². The number of aryl methyl sites for hydroxylation is 2. The number of nitrogens with zero attached hydrogens (tertiary/aromatic N) is 4. The molecule has 3 aromatic heterocycles. The van der Waals surface area contributed by atoms with E-state index in [1.165, 1.54) is 10.6 Å². The zero-order valence-corrected chi connectivity index (χ0v) is 16.0. The number of pyridine rings is 1. The van der Waals surface area contributed by atoms with Crippen molar-refractivity contribution in [3.63, 3.8) is 0 Å². The van der Waals surface area contributed by atoms with Gasteiger partial charge in [-0.15, -0.1) is 0 Å². The van der Waals surface area contributed by atoms with E-state index in [1.807, 2.05) is 19.2 Å². The minimum Gasteiger partial charge on any atom is -0.451 e. The normalized spacial score (nSPS) is 11.5. The number of hydrogen-bond donors (Lipinski definition) is 1. The maximum atomic E-state index is 14.3. The molecule has 0 radical (unpaired) electrons. The Kier molecular flexibility index (Phi) is 3.92. The molecular formula is C21H15F2N5O2.